The summed E-state index contributed by atoms with van der Waals surface area (Å²) in [6, 6.07) is 21.7. The number of phenolic OH excluding ortho intramolecular Hbond substituents is 1. The average molecular weight is 713 g/mol. The monoisotopic (exact) mass is 712 g/mol. The van der Waals surface area contributed by atoms with Gasteiger partial charge in [0.25, 0.3) is 0 Å². The number of aliphatic hydroxyl groups is 1. The van der Waals surface area contributed by atoms with Gasteiger partial charge in [0.05, 0.1) is 19.3 Å². The van der Waals surface area contributed by atoms with Crippen LogP contribution in [0.2, 0.25) is 0 Å². The van der Waals surface area contributed by atoms with Crippen molar-refractivity contribution in [1.29, 1.82) is 0 Å². The number of rotatable bonds is 25. The highest BCUT2D eigenvalue weighted by Crippen LogP contribution is 2.38. The van der Waals surface area contributed by atoms with Crippen LogP contribution in [0.4, 0.5) is 0 Å². The number of hydrogen-bond donors (Lipinski definition) is 2. The number of aliphatic hydroxyl groups excluding tert-OH is 1. The molecule has 1 aliphatic heterocycles. The van der Waals surface area contributed by atoms with Crippen LogP contribution in [-0.2, 0) is 0 Å². The van der Waals surface area contributed by atoms with Gasteiger partial charge in [-0.2, -0.15) is 0 Å². The van der Waals surface area contributed by atoms with E-state index in [1.807, 2.05) is 36.5 Å². The van der Waals surface area contributed by atoms with Gasteiger partial charge < -0.3 is 24.6 Å². The van der Waals surface area contributed by atoms with E-state index in [2.05, 4.69) is 47.9 Å². The number of carbonyl (C=O) groups excluding carboxylic acids is 1. The first-order valence-corrected chi connectivity index (χ1v) is 20.1. The second-order valence-corrected chi connectivity index (χ2v) is 14.3. The summed E-state index contributed by atoms with van der Waals surface area (Å²) < 4.78 is 12.1. The molecule has 3 aromatic carbocycles. The van der Waals surface area contributed by atoms with Crippen LogP contribution in [0.15, 0.2) is 79.0 Å². The Morgan fingerprint density at radius 2 is 1.19 bits per heavy atom. The first kappa shape index (κ1) is 41.0. The smallest absolute Gasteiger partial charge is 0.200 e. The highest BCUT2D eigenvalue weighted by molar-refractivity contribution is 6.05. The van der Waals surface area contributed by atoms with E-state index >= 15 is 0 Å². The molecule has 0 radical (unpaired) electrons. The van der Waals surface area contributed by atoms with Crippen molar-refractivity contribution in [3.63, 3.8) is 0 Å². The predicted octanol–water partition coefficient (Wildman–Crippen LogP) is 10.4. The second kappa shape index (κ2) is 23.7. The minimum Gasteiger partial charge on any atom is -0.502 e. The minimum absolute atomic E-state index is 0.0307. The SMILES string of the molecule is CCCCCCCCCOc1cc(C(=O)C=CN2CCN(CC(O)c3ccc(-c4ccccc4)cc3)CC2)cc(OCCCCCCCCC)c1O. The normalized spacial score (nSPS) is 14.2. The van der Waals surface area contributed by atoms with Crippen LogP contribution in [0.25, 0.3) is 11.1 Å². The topological polar surface area (TPSA) is 82.5 Å². The molecule has 7 nitrogen and oxygen atoms in total. The van der Waals surface area contributed by atoms with Crippen molar-refractivity contribution in [3.05, 3.63) is 90.1 Å². The van der Waals surface area contributed by atoms with E-state index in [0.717, 1.165) is 68.6 Å². The third-order valence-electron chi connectivity index (χ3n) is 10.0. The average Bonchev–Trinajstić information content (AvgIpc) is 3.18. The van der Waals surface area contributed by atoms with Crippen molar-refractivity contribution in [2.75, 3.05) is 45.9 Å². The van der Waals surface area contributed by atoms with E-state index in [1.165, 1.54) is 64.2 Å². The molecule has 0 saturated carbocycles. The molecule has 7 heteroatoms. The van der Waals surface area contributed by atoms with Crippen LogP contribution in [-0.4, -0.2) is 71.7 Å². The van der Waals surface area contributed by atoms with Gasteiger partial charge in [-0.3, -0.25) is 9.69 Å². The van der Waals surface area contributed by atoms with Gasteiger partial charge in [0, 0.05) is 50.6 Å². The fourth-order valence-electron chi connectivity index (χ4n) is 6.67. The van der Waals surface area contributed by atoms with E-state index in [0.29, 0.717) is 36.8 Å². The van der Waals surface area contributed by atoms with Crippen molar-refractivity contribution < 1.29 is 24.5 Å². The highest BCUT2D eigenvalue weighted by Gasteiger charge is 2.20. The quantitative estimate of drug-likeness (QED) is 0.0514. The maximum Gasteiger partial charge on any atom is 0.200 e. The molecule has 0 spiro atoms. The van der Waals surface area contributed by atoms with Crippen molar-refractivity contribution in [3.8, 4) is 28.4 Å². The summed E-state index contributed by atoms with van der Waals surface area (Å²) in [6.07, 6.45) is 19.3. The van der Waals surface area contributed by atoms with Crippen LogP contribution in [0.5, 0.6) is 17.2 Å². The number of nitrogens with zero attached hydrogens (tertiary/aromatic N) is 2. The Kier molecular flexibility index (Phi) is 18.7. The molecule has 284 valence electrons. The third kappa shape index (κ3) is 14.3. The van der Waals surface area contributed by atoms with E-state index in [-0.39, 0.29) is 11.5 Å². The molecular weight excluding hydrogens is 649 g/mol. The molecular formula is C45H64N2O5. The largest absolute Gasteiger partial charge is 0.502 e. The lowest BCUT2D eigenvalue weighted by molar-refractivity contribution is 0.0853. The van der Waals surface area contributed by atoms with Crippen molar-refractivity contribution >= 4 is 5.78 Å². The molecule has 0 amide bonds. The number of allylic oxidation sites excluding steroid dienone is 1. The molecule has 1 aliphatic rings. The lowest BCUT2D eigenvalue weighted by atomic mass is 10.0. The zero-order chi connectivity index (χ0) is 36.8. The molecule has 0 bridgehead atoms. The standard InChI is InChI=1S/C45H64N2O5/c1-3-5-7-9-11-13-18-32-51-43-34-40(35-44(45(43)50)52-33-19-14-12-10-8-6-4-2)41(48)26-27-46-28-30-47(31-29-46)36-42(49)39-24-22-38(23-25-39)37-20-16-15-17-21-37/h15-17,20-27,34-35,42,49-50H,3-14,18-19,28-33,36H2,1-2H3. The summed E-state index contributed by atoms with van der Waals surface area (Å²) in [4.78, 5) is 17.9. The molecule has 52 heavy (non-hydrogen) atoms. The predicted molar refractivity (Wildman–Crippen MR) is 213 cm³/mol. The Morgan fingerprint density at radius 1 is 0.692 bits per heavy atom. The zero-order valence-corrected chi connectivity index (χ0v) is 31.9. The molecule has 1 atom stereocenters. The van der Waals surface area contributed by atoms with E-state index in [4.69, 9.17) is 9.47 Å². The van der Waals surface area contributed by atoms with Gasteiger partial charge >= 0.3 is 0 Å². The Labute approximate surface area is 313 Å². The first-order valence-electron chi connectivity index (χ1n) is 20.1. The molecule has 0 aromatic heterocycles. The number of benzene rings is 3. The van der Waals surface area contributed by atoms with Gasteiger partial charge in [-0.1, -0.05) is 145 Å². The molecule has 2 N–H and O–H groups in total. The number of unbranched alkanes of at least 4 members (excludes halogenated alkanes) is 12. The summed E-state index contributed by atoms with van der Waals surface area (Å²) in [5, 5.41) is 22.0. The van der Waals surface area contributed by atoms with Gasteiger partial charge in [0.15, 0.2) is 17.3 Å². The number of ether oxygens (including phenoxy) is 2. The van der Waals surface area contributed by atoms with Crippen molar-refractivity contribution in [2.24, 2.45) is 0 Å². The van der Waals surface area contributed by atoms with Gasteiger partial charge in [-0.25, -0.2) is 0 Å². The van der Waals surface area contributed by atoms with Crippen LogP contribution >= 0.6 is 0 Å². The van der Waals surface area contributed by atoms with Crippen LogP contribution < -0.4 is 9.47 Å². The maximum atomic E-state index is 13.4. The molecule has 4 rings (SSSR count). The lowest BCUT2D eigenvalue weighted by Crippen LogP contribution is -2.45. The van der Waals surface area contributed by atoms with E-state index in [1.54, 1.807) is 18.2 Å². The third-order valence-corrected chi connectivity index (χ3v) is 10.0. The van der Waals surface area contributed by atoms with Gasteiger partial charge in [0.2, 0.25) is 5.75 Å². The lowest BCUT2D eigenvalue weighted by Gasteiger charge is -2.35. The summed E-state index contributed by atoms with van der Waals surface area (Å²) >= 11 is 0. The molecule has 1 saturated heterocycles. The van der Waals surface area contributed by atoms with Gasteiger partial charge in [-0.05, 0) is 41.7 Å². The number of phenols is 1. The number of aromatic hydroxyl groups is 1. The van der Waals surface area contributed by atoms with Crippen molar-refractivity contribution in [1.82, 2.24) is 9.80 Å². The highest BCUT2D eigenvalue weighted by atomic mass is 16.5. The number of hydrogen-bond acceptors (Lipinski definition) is 7. The number of β-amino-alcohol motifs (C(OH)–C–C–N with tert-alkyl or cyclic N) is 1. The summed E-state index contributed by atoms with van der Waals surface area (Å²) in [5.74, 6) is 0.429. The maximum absolute atomic E-state index is 13.4. The summed E-state index contributed by atoms with van der Waals surface area (Å²) in [7, 11) is 0. The molecule has 1 heterocycles. The number of ketones is 1. The van der Waals surface area contributed by atoms with Gasteiger partial charge in [0.1, 0.15) is 0 Å². The van der Waals surface area contributed by atoms with Gasteiger partial charge in [-0.15, -0.1) is 0 Å². The summed E-state index contributed by atoms with van der Waals surface area (Å²) in [6.45, 7) is 9.12. The Morgan fingerprint density at radius 3 is 1.73 bits per heavy atom. The first-order chi connectivity index (χ1) is 25.5. The minimum atomic E-state index is -0.563. The van der Waals surface area contributed by atoms with E-state index < -0.39 is 6.10 Å². The molecule has 1 fully saturated rings. The molecule has 0 aliphatic carbocycles. The summed E-state index contributed by atoms with van der Waals surface area (Å²) in [5.41, 5.74) is 3.66. The Hall–Kier alpha value is -3.81. The fraction of sp³-hybridized carbons (Fsp3) is 0.533. The fourth-order valence-corrected chi connectivity index (χ4v) is 6.67. The van der Waals surface area contributed by atoms with Crippen LogP contribution in [0, 0.1) is 0 Å². The van der Waals surface area contributed by atoms with Crippen LogP contribution in [0.1, 0.15) is 126 Å². The molecule has 1 unspecified atom stereocenters. The Balaban J connectivity index is 1.28. The van der Waals surface area contributed by atoms with E-state index in [9.17, 15) is 15.0 Å². The zero-order valence-electron chi connectivity index (χ0n) is 31.9. The number of carbonyl (C=O) groups is 1. The van der Waals surface area contributed by atoms with Crippen molar-refractivity contribution in [2.45, 2.75) is 110 Å². The van der Waals surface area contributed by atoms with Crippen LogP contribution in [0.3, 0.4) is 0 Å². The second-order valence-electron chi connectivity index (χ2n) is 14.3. The molecule has 3 aromatic rings. The number of piperazine rings is 1. The Bertz CT molecular complexity index is 1410.